The van der Waals surface area contributed by atoms with Gasteiger partial charge in [0.2, 0.25) is 0 Å². The van der Waals surface area contributed by atoms with Crippen LogP contribution in [-0.2, 0) is 0 Å². The number of nitrogen functional groups attached to an aromatic ring is 1. The van der Waals surface area contributed by atoms with Crippen molar-refractivity contribution in [2.24, 2.45) is 0 Å². The molecule has 2 heterocycles. The van der Waals surface area contributed by atoms with E-state index in [0.717, 1.165) is 28.7 Å². The van der Waals surface area contributed by atoms with Crippen molar-refractivity contribution in [3.05, 3.63) is 21.8 Å². The number of nitrogens with zero attached hydrogens (tertiary/aromatic N) is 1. The first-order valence-electron chi connectivity index (χ1n) is 4.34. The number of hydrogen-bond acceptors (Lipinski definition) is 3. The molecule has 0 aromatic carbocycles. The van der Waals surface area contributed by atoms with Crippen LogP contribution in [0, 0.1) is 6.92 Å². The first-order chi connectivity index (χ1) is 6.18. The largest absolute Gasteiger partial charge is 0.383 e. The topological polar surface area (TPSA) is 50.9 Å². The van der Waals surface area contributed by atoms with E-state index >= 15 is 0 Å². The van der Waals surface area contributed by atoms with Gasteiger partial charge in [-0.25, -0.2) is 4.98 Å². The van der Waals surface area contributed by atoms with Crippen LogP contribution in [0.4, 0.5) is 5.82 Å². The minimum Gasteiger partial charge on any atom is -0.383 e. The quantitative estimate of drug-likeness (QED) is 0.789. The molecule has 13 heavy (non-hydrogen) atoms. The Bertz CT molecular complexity index is 334. The Kier molecular flexibility index (Phi) is 2.26. The van der Waals surface area contributed by atoms with E-state index in [4.69, 9.17) is 5.73 Å². The van der Waals surface area contributed by atoms with Crippen molar-refractivity contribution >= 4 is 21.7 Å². The highest BCUT2D eigenvalue weighted by Crippen LogP contribution is 2.29. The molecule has 1 aliphatic heterocycles. The van der Waals surface area contributed by atoms with Crippen LogP contribution in [0.3, 0.4) is 0 Å². The lowest BCUT2D eigenvalue weighted by Gasteiger charge is -2.28. The molecule has 1 saturated heterocycles. The Morgan fingerprint density at radius 2 is 2.38 bits per heavy atom. The molecule has 3 N–H and O–H groups in total. The second kappa shape index (κ2) is 3.27. The van der Waals surface area contributed by atoms with E-state index in [2.05, 4.69) is 32.3 Å². The summed E-state index contributed by atoms with van der Waals surface area (Å²) >= 11 is 3.46. The maximum absolute atomic E-state index is 5.83. The molecule has 70 valence electrons. The van der Waals surface area contributed by atoms with Crippen molar-refractivity contribution in [3.63, 3.8) is 0 Å². The number of aryl methyl sites for hydroxylation is 1. The van der Waals surface area contributed by atoms with Gasteiger partial charge in [-0.15, -0.1) is 0 Å². The third kappa shape index (κ3) is 1.56. The Morgan fingerprint density at radius 1 is 1.69 bits per heavy atom. The molecule has 4 heteroatoms. The molecule has 1 atom stereocenters. The van der Waals surface area contributed by atoms with E-state index in [9.17, 15) is 0 Å². The molecular weight excluding hydrogens is 230 g/mol. The number of halogens is 1. The van der Waals surface area contributed by atoms with Gasteiger partial charge < -0.3 is 11.1 Å². The van der Waals surface area contributed by atoms with Gasteiger partial charge in [0.1, 0.15) is 5.82 Å². The van der Waals surface area contributed by atoms with E-state index in [-0.39, 0.29) is 0 Å². The normalized spacial score (nSPS) is 21.2. The van der Waals surface area contributed by atoms with Crippen LogP contribution in [0.15, 0.2) is 10.5 Å². The number of rotatable bonds is 1. The van der Waals surface area contributed by atoms with Crippen molar-refractivity contribution in [2.45, 2.75) is 19.4 Å². The molecule has 1 aromatic rings. The average molecular weight is 242 g/mol. The van der Waals surface area contributed by atoms with E-state index < -0.39 is 0 Å². The van der Waals surface area contributed by atoms with E-state index in [1.807, 2.05) is 6.92 Å². The summed E-state index contributed by atoms with van der Waals surface area (Å²) < 4.78 is 1.03. The molecule has 0 aliphatic carbocycles. The van der Waals surface area contributed by atoms with E-state index in [1.165, 1.54) is 0 Å². The second-order valence-electron chi connectivity index (χ2n) is 3.33. The number of nitrogens with two attached hydrogens (primary N) is 1. The summed E-state index contributed by atoms with van der Waals surface area (Å²) in [4.78, 5) is 4.27. The molecule has 3 nitrogen and oxygen atoms in total. The lowest BCUT2D eigenvalue weighted by atomic mass is 9.98. The van der Waals surface area contributed by atoms with Gasteiger partial charge in [-0.05, 0) is 41.9 Å². The maximum Gasteiger partial charge on any atom is 0.128 e. The summed E-state index contributed by atoms with van der Waals surface area (Å²) in [6.07, 6.45) is 1.15. The SMILES string of the molecule is Cc1nc(N)c([C@H]2CCN2)cc1Br. The number of aromatic nitrogens is 1. The lowest BCUT2D eigenvalue weighted by molar-refractivity contribution is 0.383. The molecular formula is C9H12BrN3. The predicted molar refractivity (Wildman–Crippen MR) is 56.4 cm³/mol. The van der Waals surface area contributed by atoms with Gasteiger partial charge in [0.25, 0.3) is 0 Å². The van der Waals surface area contributed by atoms with Crippen molar-refractivity contribution in [3.8, 4) is 0 Å². The zero-order valence-electron chi connectivity index (χ0n) is 7.47. The van der Waals surface area contributed by atoms with Crippen LogP contribution in [0.25, 0.3) is 0 Å². The Hall–Kier alpha value is -0.610. The van der Waals surface area contributed by atoms with Gasteiger partial charge >= 0.3 is 0 Å². The van der Waals surface area contributed by atoms with Crippen LogP contribution in [0.5, 0.6) is 0 Å². The van der Waals surface area contributed by atoms with Crippen LogP contribution in [0.2, 0.25) is 0 Å². The van der Waals surface area contributed by atoms with Crippen molar-refractivity contribution in [2.75, 3.05) is 12.3 Å². The molecule has 0 saturated carbocycles. The van der Waals surface area contributed by atoms with Crippen molar-refractivity contribution in [1.29, 1.82) is 0 Å². The standard InChI is InChI=1S/C9H12BrN3/c1-5-7(10)4-6(9(11)13-5)8-2-3-12-8/h4,8,12H,2-3H2,1H3,(H2,11,13)/t8-/m1/s1. The molecule has 1 fully saturated rings. The van der Waals surface area contributed by atoms with Crippen LogP contribution < -0.4 is 11.1 Å². The molecule has 0 spiro atoms. The number of hydrogen-bond donors (Lipinski definition) is 2. The minimum atomic E-state index is 0.407. The second-order valence-corrected chi connectivity index (χ2v) is 4.18. The molecule has 0 radical (unpaired) electrons. The Morgan fingerprint density at radius 3 is 2.92 bits per heavy atom. The highest BCUT2D eigenvalue weighted by atomic mass is 79.9. The summed E-state index contributed by atoms with van der Waals surface area (Å²) in [5, 5.41) is 3.31. The van der Waals surface area contributed by atoms with Gasteiger partial charge in [0.15, 0.2) is 0 Å². The first-order valence-corrected chi connectivity index (χ1v) is 5.13. The average Bonchev–Trinajstić information content (AvgIpc) is 1.96. The van der Waals surface area contributed by atoms with E-state index in [1.54, 1.807) is 0 Å². The fourth-order valence-corrected chi connectivity index (χ4v) is 1.78. The van der Waals surface area contributed by atoms with Gasteiger partial charge in [-0.3, -0.25) is 0 Å². The third-order valence-electron chi connectivity index (χ3n) is 2.41. The number of nitrogens with one attached hydrogen (secondary N) is 1. The van der Waals surface area contributed by atoms with Gasteiger partial charge in [0.05, 0.1) is 5.69 Å². The van der Waals surface area contributed by atoms with Crippen molar-refractivity contribution in [1.82, 2.24) is 10.3 Å². The van der Waals surface area contributed by atoms with E-state index in [0.29, 0.717) is 11.9 Å². The smallest absolute Gasteiger partial charge is 0.128 e. The number of pyridine rings is 1. The lowest BCUT2D eigenvalue weighted by Crippen LogP contribution is -2.35. The van der Waals surface area contributed by atoms with Crippen LogP contribution >= 0.6 is 15.9 Å². The van der Waals surface area contributed by atoms with Gasteiger partial charge in [-0.1, -0.05) is 0 Å². The maximum atomic E-state index is 5.83. The molecule has 2 rings (SSSR count). The fourth-order valence-electron chi connectivity index (χ4n) is 1.45. The highest BCUT2D eigenvalue weighted by molar-refractivity contribution is 9.10. The number of anilines is 1. The van der Waals surface area contributed by atoms with Crippen LogP contribution in [-0.4, -0.2) is 11.5 Å². The zero-order chi connectivity index (χ0) is 9.42. The summed E-state index contributed by atoms with van der Waals surface area (Å²) in [5.74, 6) is 0.651. The predicted octanol–water partition coefficient (Wildman–Crippen LogP) is 1.77. The Balaban J connectivity index is 2.39. The molecule has 0 bridgehead atoms. The van der Waals surface area contributed by atoms with Gasteiger partial charge in [0, 0.05) is 16.1 Å². The molecule has 0 amide bonds. The zero-order valence-corrected chi connectivity index (χ0v) is 9.06. The molecule has 0 unspecified atom stereocenters. The summed E-state index contributed by atoms with van der Waals surface area (Å²) in [5.41, 5.74) is 7.89. The monoisotopic (exact) mass is 241 g/mol. The third-order valence-corrected chi connectivity index (χ3v) is 3.21. The van der Waals surface area contributed by atoms with Crippen LogP contribution in [0.1, 0.15) is 23.7 Å². The summed E-state index contributed by atoms with van der Waals surface area (Å²) in [6.45, 7) is 3.02. The summed E-state index contributed by atoms with van der Waals surface area (Å²) in [7, 11) is 0. The fraction of sp³-hybridized carbons (Fsp3) is 0.444. The van der Waals surface area contributed by atoms with Crippen molar-refractivity contribution < 1.29 is 0 Å². The molecule has 1 aliphatic rings. The minimum absolute atomic E-state index is 0.407. The van der Waals surface area contributed by atoms with Gasteiger partial charge in [-0.2, -0.15) is 0 Å². The highest BCUT2D eigenvalue weighted by Gasteiger charge is 2.21. The Labute approximate surface area is 85.9 Å². The first kappa shape index (κ1) is 8.97. The summed E-state index contributed by atoms with van der Waals surface area (Å²) in [6, 6.07) is 2.47. The molecule has 1 aromatic heterocycles.